The first-order valence-electron chi connectivity index (χ1n) is 12.1. The average molecular weight is 564 g/mol. The Labute approximate surface area is 222 Å². The van der Waals surface area contributed by atoms with Crippen molar-refractivity contribution in [3.63, 3.8) is 0 Å². The van der Waals surface area contributed by atoms with Crippen LogP contribution < -0.4 is 4.72 Å². The van der Waals surface area contributed by atoms with Gasteiger partial charge in [-0.05, 0) is 54.2 Å². The number of amides is 1. The number of rotatable bonds is 7. The second-order valence-corrected chi connectivity index (χ2v) is 14.3. The number of nitrogens with one attached hydrogen (secondary N) is 1. The molecule has 0 spiro atoms. The van der Waals surface area contributed by atoms with Gasteiger partial charge in [0.15, 0.2) is 15.6 Å². The Bertz CT molecular complexity index is 1580. The molecular weight excluding hydrogens is 533 g/mol. The highest BCUT2D eigenvalue weighted by Gasteiger charge is 2.55. The number of nitrogens with zero attached hydrogens (tertiary/aromatic N) is 2. The van der Waals surface area contributed by atoms with Crippen LogP contribution in [0.15, 0.2) is 46.3 Å². The van der Waals surface area contributed by atoms with Crippen molar-refractivity contribution in [1.29, 1.82) is 0 Å². The summed E-state index contributed by atoms with van der Waals surface area (Å²) in [5, 5.41) is 0. The number of anilines is 1. The van der Waals surface area contributed by atoms with Crippen molar-refractivity contribution in [2.75, 3.05) is 16.7 Å². The van der Waals surface area contributed by atoms with Crippen LogP contribution in [0.2, 0.25) is 0 Å². The highest BCUT2D eigenvalue weighted by atomic mass is 32.2. The molecule has 38 heavy (non-hydrogen) atoms. The summed E-state index contributed by atoms with van der Waals surface area (Å²) in [7, 11) is -7.66. The summed E-state index contributed by atoms with van der Waals surface area (Å²) < 4.78 is 65.7. The molecule has 2 aromatic rings. The summed E-state index contributed by atoms with van der Waals surface area (Å²) in [6.45, 7) is 7.33. The maximum atomic E-state index is 13.8. The molecule has 204 valence electrons. The van der Waals surface area contributed by atoms with E-state index in [9.17, 15) is 30.8 Å². The van der Waals surface area contributed by atoms with E-state index >= 15 is 0 Å². The number of ketones is 1. The lowest BCUT2D eigenvalue weighted by molar-refractivity contribution is -0.132. The molecule has 2 atom stereocenters. The van der Waals surface area contributed by atoms with Crippen LogP contribution >= 0.6 is 0 Å². The number of halogens is 1. The number of carbonyl (C=O) groups excluding carboxylic acids is 2. The monoisotopic (exact) mass is 563 g/mol. The quantitative estimate of drug-likeness (QED) is 0.514. The minimum atomic E-state index is -4.03. The summed E-state index contributed by atoms with van der Waals surface area (Å²) >= 11 is 0. The van der Waals surface area contributed by atoms with Gasteiger partial charge in [-0.25, -0.2) is 21.2 Å². The van der Waals surface area contributed by atoms with Crippen LogP contribution in [0.3, 0.4) is 0 Å². The number of fused-ring (bicyclic) bond motifs is 1. The number of aryl methyl sites for hydroxylation is 1. The molecule has 0 saturated carbocycles. The standard InChI is InChI=1S/C26H30FN3O6S2/c1-6-26(3,4)24-23(31)22(25(32)30(24)13-16-7-9-18(27)15(2)11-16)20-14-38(35,36)21-12-17(29-37(5,33)34)8-10-19(21)28-20/h7-12,22,24,29H,6,13-14H2,1-5H3/t22?,24-/m1/s1. The van der Waals surface area contributed by atoms with Gasteiger partial charge in [-0.1, -0.05) is 32.9 Å². The van der Waals surface area contributed by atoms with Gasteiger partial charge in [0.2, 0.25) is 15.9 Å². The lowest BCUT2D eigenvalue weighted by Crippen LogP contribution is -2.45. The van der Waals surface area contributed by atoms with Crippen LogP contribution in [0.25, 0.3) is 0 Å². The number of carbonyl (C=O) groups is 2. The van der Waals surface area contributed by atoms with E-state index in [1.165, 1.54) is 29.2 Å². The van der Waals surface area contributed by atoms with E-state index in [4.69, 9.17) is 0 Å². The molecule has 0 aromatic heterocycles. The third-order valence-electron chi connectivity index (χ3n) is 7.16. The SMILES string of the molecule is CCC(C)(C)[C@H]1C(=O)C(C2=Nc3ccc(NS(C)(=O)=O)cc3S(=O)(=O)C2)C(=O)N1Cc1ccc(F)c(C)c1. The molecule has 1 amide bonds. The fourth-order valence-corrected chi connectivity index (χ4v) is 7.01. The van der Waals surface area contributed by atoms with Crippen molar-refractivity contribution in [3.8, 4) is 0 Å². The average Bonchev–Trinajstić information content (AvgIpc) is 3.05. The smallest absolute Gasteiger partial charge is 0.239 e. The minimum Gasteiger partial charge on any atom is -0.327 e. The molecule has 2 aliphatic heterocycles. The topological polar surface area (TPSA) is 130 Å². The van der Waals surface area contributed by atoms with Crippen molar-refractivity contribution in [2.24, 2.45) is 16.3 Å². The molecule has 2 heterocycles. The van der Waals surface area contributed by atoms with Crippen LogP contribution in [-0.2, 0) is 36.0 Å². The molecular formula is C26H30FN3O6S2. The number of Topliss-reactive ketones (excluding diaryl/α,β-unsaturated/α-hetero) is 1. The van der Waals surface area contributed by atoms with Gasteiger partial charge in [-0.2, -0.15) is 0 Å². The van der Waals surface area contributed by atoms with E-state index in [2.05, 4.69) is 9.71 Å². The molecule has 1 saturated heterocycles. The fourth-order valence-electron chi connectivity index (χ4n) is 4.94. The first kappa shape index (κ1) is 27.9. The minimum absolute atomic E-state index is 0.0322. The zero-order valence-electron chi connectivity index (χ0n) is 21.8. The number of benzene rings is 2. The van der Waals surface area contributed by atoms with Gasteiger partial charge in [0.05, 0.1) is 34.3 Å². The Morgan fingerprint density at radius 3 is 2.45 bits per heavy atom. The van der Waals surface area contributed by atoms with E-state index in [1.807, 2.05) is 20.8 Å². The van der Waals surface area contributed by atoms with E-state index in [-0.39, 0.29) is 34.3 Å². The van der Waals surface area contributed by atoms with Crippen LogP contribution in [-0.4, -0.2) is 57.2 Å². The zero-order chi connectivity index (χ0) is 28.2. The predicted molar refractivity (Wildman–Crippen MR) is 142 cm³/mol. The van der Waals surface area contributed by atoms with Gasteiger partial charge >= 0.3 is 0 Å². The van der Waals surface area contributed by atoms with Crippen molar-refractivity contribution in [3.05, 3.63) is 53.3 Å². The number of hydrogen-bond acceptors (Lipinski definition) is 7. The molecule has 1 N–H and O–H groups in total. The molecule has 0 aliphatic carbocycles. The summed E-state index contributed by atoms with van der Waals surface area (Å²) in [4.78, 5) is 33.2. The normalized spacial score (nSPS) is 21.3. The number of sulfone groups is 1. The lowest BCUT2D eigenvalue weighted by atomic mass is 9.78. The predicted octanol–water partition coefficient (Wildman–Crippen LogP) is 3.40. The third-order valence-corrected chi connectivity index (χ3v) is 9.44. The highest BCUT2D eigenvalue weighted by molar-refractivity contribution is 7.92. The Balaban J connectivity index is 1.76. The molecule has 1 fully saturated rings. The van der Waals surface area contributed by atoms with Crippen LogP contribution in [0.1, 0.15) is 38.3 Å². The molecule has 4 rings (SSSR count). The second kappa shape index (κ2) is 9.57. The summed E-state index contributed by atoms with van der Waals surface area (Å²) in [6.07, 6.45) is 1.52. The molecule has 9 nitrogen and oxygen atoms in total. The van der Waals surface area contributed by atoms with Crippen molar-refractivity contribution >= 4 is 48.6 Å². The number of aliphatic imine (C=N–C) groups is 1. The van der Waals surface area contributed by atoms with E-state index < -0.39 is 54.7 Å². The number of likely N-dealkylation sites (tertiary alicyclic amines) is 1. The Morgan fingerprint density at radius 1 is 1.16 bits per heavy atom. The lowest BCUT2D eigenvalue weighted by Gasteiger charge is -2.36. The number of hydrogen-bond donors (Lipinski definition) is 1. The summed E-state index contributed by atoms with van der Waals surface area (Å²) in [6, 6.07) is 7.55. The molecule has 0 radical (unpaired) electrons. The highest BCUT2D eigenvalue weighted by Crippen LogP contribution is 2.41. The van der Waals surface area contributed by atoms with Crippen molar-refractivity contribution in [1.82, 2.24) is 4.90 Å². The summed E-state index contributed by atoms with van der Waals surface area (Å²) in [5.41, 5.74) is 0.474. The third kappa shape index (κ3) is 5.24. The molecule has 1 unspecified atom stereocenters. The van der Waals surface area contributed by atoms with Crippen molar-refractivity contribution in [2.45, 2.75) is 51.6 Å². The van der Waals surface area contributed by atoms with Crippen molar-refractivity contribution < 1.29 is 30.8 Å². The molecule has 2 aliphatic rings. The first-order chi connectivity index (χ1) is 17.5. The second-order valence-electron chi connectivity index (χ2n) is 10.5. The summed E-state index contributed by atoms with van der Waals surface area (Å²) in [5.74, 6) is -3.36. The van der Waals surface area contributed by atoms with Crippen LogP contribution in [0.5, 0.6) is 0 Å². The van der Waals surface area contributed by atoms with Crippen LogP contribution in [0, 0.1) is 24.1 Å². The van der Waals surface area contributed by atoms with Gasteiger partial charge in [0.1, 0.15) is 11.7 Å². The van der Waals surface area contributed by atoms with Gasteiger partial charge in [-0.3, -0.25) is 19.3 Å². The molecule has 2 aromatic carbocycles. The van der Waals surface area contributed by atoms with Gasteiger partial charge in [0, 0.05) is 12.2 Å². The number of sulfonamides is 1. The van der Waals surface area contributed by atoms with Crippen LogP contribution in [0.4, 0.5) is 15.8 Å². The molecule has 12 heteroatoms. The maximum absolute atomic E-state index is 13.8. The molecule has 0 bridgehead atoms. The van der Waals surface area contributed by atoms with E-state index in [0.29, 0.717) is 17.5 Å². The van der Waals surface area contributed by atoms with Gasteiger partial charge in [0.25, 0.3) is 0 Å². The Morgan fingerprint density at radius 2 is 1.84 bits per heavy atom. The maximum Gasteiger partial charge on any atom is 0.239 e. The fraction of sp³-hybridized carbons (Fsp3) is 0.423. The van der Waals surface area contributed by atoms with Gasteiger partial charge in [-0.15, -0.1) is 0 Å². The van der Waals surface area contributed by atoms with E-state index in [0.717, 1.165) is 6.26 Å². The zero-order valence-corrected chi connectivity index (χ0v) is 23.4. The van der Waals surface area contributed by atoms with Gasteiger partial charge < -0.3 is 4.90 Å². The first-order valence-corrected chi connectivity index (χ1v) is 15.6. The Kier molecular flexibility index (Phi) is 7.02. The Hall–Kier alpha value is -3.12. The van der Waals surface area contributed by atoms with E-state index in [1.54, 1.807) is 19.1 Å². The largest absolute Gasteiger partial charge is 0.327 e.